The minimum absolute atomic E-state index is 0.265. The summed E-state index contributed by atoms with van der Waals surface area (Å²) in [5.74, 6) is 1.00. The number of aromatic amines is 10. The van der Waals surface area contributed by atoms with Gasteiger partial charge in [-0.3, -0.25) is 45.8 Å². The number of nitro groups is 1. The van der Waals surface area contributed by atoms with Crippen LogP contribution in [0.2, 0.25) is 0 Å². The zero-order chi connectivity index (χ0) is 62.6. The maximum atomic E-state index is 10.3. The van der Waals surface area contributed by atoms with Gasteiger partial charge in [-0.05, 0) is 209 Å². The maximum Gasteiger partial charge on any atom is 0.433 e. The van der Waals surface area contributed by atoms with Crippen LogP contribution < -0.4 is 0 Å². The second-order valence-corrected chi connectivity index (χ2v) is 20.3. The fourth-order valence-corrected chi connectivity index (χ4v) is 8.76. The standard InChI is InChI=1S/C13H11N3.C9H7N3O3.2C9H9N3.C9H8N2O.2C9H8N2S/c1-2-4-13-10(3-1)9-12(15-13)6-5-11-7-8-14-16-11;13-12(14)9-4-3-8(15-9)2-1-7-5-6-10-11-7;1(8-3-5-10-7-8)2-9-4-6-11-12-9;1-2-8(10-6-1)3-4-9-5-7-11-12-9;1-2-9(12-7-1)4-3-8-5-6-10-11-8;1(8-4-6-12-7-8)2-9-3-5-10-11-9;1-2-9(12-7-1)4-3-8-5-6-10-11-8/h1-9,15H,(H,14,16);1-6H,(H,10,11);2*1-7,10H,(H,11,12);3*1-7H,(H,10,11)/b6-5+;2*2-1+;2*4-3+;2-1+;4-3+. The number of rotatable bonds is 15. The number of fused-ring (bicyclic) bond motifs is 1. The first kappa shape index (κ1) is 62.8. The van der Waals surface area contributed by atoms with Gasteiger partial charge in [-0.25, -0.2) is 0 Å². The molecule has 10 N–H and O–H groups in total. The van der Waals surface area contributed by atoms with Crippen LogP contribution in [0, 0.1) is 10.1 Å². The molecule has 454 valence electrons. The number of benzene rings is 1. The van der Waals surface area contributed by atoms with Gasteiger partial charge in [0.05, 0.1) is 52.2 Å². The normalized spacial score (nSPS) is 11.1. The molecule has 15 aromatic rings. The third-order valence-corrected chi connectivity index (χ3v) is 13.5. The number of hydrogen-bond acceptors (Lipinski definition) is 13. The number of furan rings is 2. The van der Waals surface area contributed by atoms with Crippen LogP contribution in [0.4, 0.5) is 5.88 Å². The highest BCUT2D eigenvalue weighted by molar-refractivity contribution is 7.10. The van der Waals surface area contributed by atoms with Crippen LogP contribution in [0.15, 0.2) is 227 Å². The summed E-state index contributed by atoms with van der Waals surface area (Å²) >= 11 is 3.42. The van der Waals surface area contributed by atoms with Crippen LogP contribution in [0.5, 0.6) is 0 Å². The Bertz CT molecular complexity index is 3810. The molecule has 0 unspecified atom stereocenters. The van der Waals surface area contributed by atoms with Gasteiger partial charge in [0.2, 0.25) is 0 Å². The molecule has 14 aromatic heterocycles. The summed E-state index contributed by atoms with van der Waals surface area (Å²) in [4.78, 5) is 20.4. The molecule has 1 aromatic carbocycles. The van der Waals surface area contributed by atoms with E-state index in [1.54, 1.807) is 90.5 Å². The Hall–Kier alpha value is -12.7. The third-order valence-electron chi connectivity index (χ3n) is 11.9. The van der Waals surface area contributed by atoms with Gasteiger partial charge in [0, 0.05) is 83.8 Å². The first-order valence-corrected chi connectivity index (χ1v) is 29.6. The molecule has 0 radical (unpaired) electrons. The monoisotopic (exact) mass is 1240 g/mol. The number of nitrogens with one attached hydrogen (secondary N) is 10. The predicted octanol–water partition coefficient (Wildman–Crippen LogP) is 16.4. The Kier molecular flexibility index (Phi) is 24.7. The molecule has 0 atom stereocenters. The van der Waals surface area contributed by atoms with Crippen molar-refractivity contribution in [3.63, 3.8) is 0 Å². The molecular weight excluding hydrogens is 1180 g/mol. The lowest BCUT2D eigenvalue weighted by molar-refractivity contribution is -0.402. The van der Waals surface area contributed by atoms with E-state index < -0.39 is 4.92 Å². The molecule has 0 spiro atoms. The summed E-state index contributed by atoms with van der Waals surface area (Å²) in [7, 11) is 0. The summed E-state index contributed by atoms with van der Waals surface area (Å²) in [6, 6.07) is 42.4. The second-order valence-electron chi connectivity index (χ2n) is 18.5. The van der Waals surface area contributed by atoms with Gasteiger partial charge in [0.25, 0.3) is 0 Å². The van der Waals surface area contributed by atoms with Crippen LogP contribution in [0.3, 0.4) is 0 Å². The van der Waals surface area contributed by atoms with Crippen molar-refractivity contribution in [1.82, 2.24) is 86.3 Å². The van der Waals surface area contributed by atoms with E-state index in [1.165, 1.54) is 28.0 Å². The summed E-state index contributed by atoms with van der Waals surface area (Å²) in [6.07, 6.45) is 46.7. The van der Waals surface area contributed by atoms with Gasteiger partial charge in [-0.15, -0.1) is 11.3 Å². The number of thiophene rings is 2. The molecule has 0 aliphatic heterocycles. The van der Waals surface area contributed by atoms with Gasteiger partial charge >= 0.3 is 5.88 Å². The van der Waals surface area contributed by atoms with Crippen molar-refractivity contribution in [3.05, 3.63) is 307 Å². The molecule has 22 nitrogen and oxygen atoms in total. The van der Waals surface area contributed by atoms with Crippen molar-refractivity contribution in [3.8, 4) is 0 Å². The van der Waals surface area contributed by atoms with Crippen LogP contribution in [0.25, 0.3) is 96.0 Å². The molecule has 15 rings (SSSR count). The van der Waals surface area contributed by atoms with Crippen molar-refractivity contribution in [2.75, 3.05) is 0 Å². The molecule has 14 heterocycles. The Balaban J connectivity index is 0.000000126. The Morgan fingerprint density at radius 1 is 0.429 bits per heavy atom. The van der Waals surface area contributed by atoms with Crippen LogP contribution in [-0.2, 0) is 0 Å². The highest BCUT2D eigenvalue weighted by Gasteiger charge is 2.09. The molecule has 0 amide bonds. The van der Waals surface area contributed by atoms with Crippen molar-refractivity contribution in [2.45, 2.75) is 0 Å². The van der Waals surface area contributed by atoms with Crippen molar-refractivity contribution in [1.29, 1.82) is 0 Å². The number of H-pyrrole nitrogens is 10. The van der Waals surface area contributed by atoms with Crippen molar-refractivity contribution in [2.24, 2.45) is 0 Å². The highest BCUT2D eigenvalue weighted by atomic mass is 32.1. The average molecular weight is 1250 g/mol. The first-order chi connectivity index (χ1) is 44.9. The van der Waals surface area contributed by atoms with Gasteiger partial charge < -0.3 is 23.8 Å². The van der Waals surface area contributed by atoms with E-state index in [0.717, 1.165) is 68.1 Å². The zero-order valence-corrected chi connectivity index (χ0v) is 50.0. The lowest BCUT2D eigenvalue weighted by Gasteiger charge is -1.85. The van der Waals surface area contributed by atoms with Gasteiger partial charge in [0.1, 0.15) is 16.4 Å². The SMILES string of the molecule is C(=C\c1cc2ccccc2[nH]1)/c1ccn[nH]1.C(=C\c1ccco1)/c1ccn[nH]1.C(=C\c1cccs1)/c1ccn[nH]1.C(=C\c1ccn[nH]1)/c1cc[nH]c1.C(=C\c1ccn[nH]1)/c1ccc[nH]1.C(=C\c1ccn[nH]1)/c1ccsc1.O=[N+]([O-])c1ccc(/C=C/c2ccn[nH]2)o1. The van der Waals surface area contributed by atoms with E-state index in [1.807, 2.05) is 164 Å². The van der Waals surface area contributed by atoms with E-state index in [2.05, 4.69) is 145 Å². The summed E-state index contributed by atoms with van der Waals surface area (Å²) < 4.78 is 10.0. The van der Waals surface area contributed by atoms with Crippen LogP contribution in [-0.4, -0.2) is 91.3 Å². The fraction of sp³-hybridized carbons (Fsp3) is 0. The van der Waals surface area contributed by atoms with Gasteiger partial charge in [-0.2, -0.15) is 47.0 Å². The molecule has 0 bridgehead atoms. The Morgan fingerprint density at radius 3 is 1.41 bits per heavy atom. The first-order valence-electron chi connectivity index (χ1n) is 27.8. The Morgan fingerprint density at radius 2 is 0.956 bits per heavy atom. The molecule has 24 heteroatoms. The zero-order valence-electron chi connectivity index (χ0n) is 48.4. The lowest BCUT2D eigenvalue weighted by atomic mass is 10.2. The Labute approximate surface area is 528 Å². The second kappa shape index (κ2) is 35.7. The summed E-state index contributed by atoms with van der Waals surface area (Å²) in [5.41, 5.74) is 12.6. The molecule has 0 aliphatic rings. The van der Waals surface area contributed by atoms with Gasteiger partial charge in [-0.1, -0.05) is 36.4 Å². The van der Waals surface area contributed by atoms with Gasteiger partial charge in [0.15, 0.2) is 0 Å². The summed E-state index contributed by atoms with van der Waals surface area (Å²) in [6.45, 7) is 0. The smallest absolute Gasteiger partial charge is 0.433 e. The minimum Gasteiger partial charge on any atom is -0.465 e. The fourth-order valence-electron chi connectivity index (χ4n) is 7.51. The number of hydrogen-bond donors (Lipinski definition) is 10. The van der Waals surface area contributed by atoms with E-state index in [-0.39, 0.29) is 5.88 Å². The molecule has 91 heavy (non-hydrogen) atoms. The van der Waals surface area contributed by atoms with E-state index in [9.17, 15) is 10.1 Å². The number of nitrogens with zero attached hydrogens (tertiary/aromatic N) is 8. The lowest BCUT2D eigenvalue weighted by Crippen LogP contribution is -1.82. The molecule has 0 saturated heterocycles. The third kappa shape index (κ3) is 22.9. The molecular formula is C67H60N18O4S2. The van der Waals surface area contributed by atoms with Crippen LogP contribution in [0.1, 0.15) is 78.8 Å². The average Bonchev–Trinajstić information content (AvgIpc) is 3.41. The van der Waals surface area contributed by atoms with Crippen molar-refractivity contribution < 1.29 is 13.8 Å². The minimum atomic E-state index is -0.576. The van der Waals surface area contributed by atoms with E-state index >= 15 is 0 Å². The summed E-state index contributed by atoms with van der Waals surface area (Å²) in [5, 5.41) is 64.5. The quantitative estimate of drug-likeness (QED) is 0.0340. The predicted molar refractivity (Wildman–Crippen MR) is 365 cm³/mol. The van der Waals surface area contributed by atoms with E-state index in [4.69, 9.17) is 8.83 Å². The molecule has 0 fully saturated rings. The van der Waals surface area contributed by atoms with Crippen molar-refractivity contribution >= 4 is 125 Å². The van der Waals surface area contributed by atoms with E-state index in [0.29, 0.717) is 5.76 Å². The van der Waals surface area contributed by atoms with Crippen LogP contribution >= 0.6 is 22.7 Å². The largest absolute Gasteiger partial charge is 0.465 e. The number of para-hydroxylation sites is 1. The number of aromatic nitrogens is 17. The maximum absolute atomic E-state index is 10.3. The topological polar surface area (TPSA) is 318 Å². The highest BCUT2D eigenvalue weighted by Crippen LogP contribution is 2.19. The molecule has 0 aliphatic carbocycles. The molecule has 0 saturated carbocycles.